The molecule has 4 aromatic rings. The van der Waals surface area contributed by atoms with Crippen LogP contribution in [-0.2, 0) is 16.1 Å². The van der Waals surface area contributed by atoms with Gasteiger partial charge < -0.3 is 29.2 Å². The molecule has 2 saturated heterocycles. The number of methoxy groups -OCH3 is 3. The number of aryl methyl sites for hydroxylation is 1. The van der Waals surface area contributed by atoms with Gasteiger partial charge in [0.1, 0.15) is 22.9 Å². The summed E-state index contributed by atoms with van der Waals surface area (Å²) in [4.78, 5) is 38.3. The van der Waals surface area contributed by atoms with Gasteiger partial charge in [0, 0.05) is 54.3 Å². The van der Waals surface area contributed by atoms with Crippen molar-refractivity contribution < 1.29 is 23.7 Å². The molecule has 6 rings (SSSR count). The van der Waals surface area contributed by atoms with Crippen LogP contribution in [0.25, 0.3) is 33.5 Å². The van der Waals surface area contributed by atoms with E-state index in [0.717, 1.165) is 44.8 Å². The topological polar surface area (TPSA) is 117 Å². The molecule has 2 fully saturated rings. The standard InChI is InChI=1S/C34H35Cl2N5O6/c1-6-27(42)38-22-13-20(24(44-3)14-23(22)40-10-8-34(9-11-40)17-47-18-34)31-37-16-19-12-21(33(43)41(7-2)32(19)39-31)28-29(35)25(45-4)15-26(46-5)30(28)36/h6,12-16H,1,7-11,17-18H2,2-5H3,(H,38,42). The van der Waals surface area contributed by atoms with Gasteiger partial charge in [-0.15, -0.1) is 0 Å². The molecule has 0 unspecified atom stereocenters. The van der Waals surface area contributed by atoms with E-state index in [-0.39, 0.29) is 38.1 Å². The lowest BCUT2D eigenvalue weighted by molar-refractivity contribution is -0.124. The lowest BCUT2D eigenvalue weighted by atomic mass is 9.76. The third-order valence-electron chi connectivity index (χ3n) is 8.97. The number of piperidine rings is 1. The summed E-state index contributed by atoms with van der Waals surface area (Å²) in [5.74, 6) is 1.11. The van der Waals surface area contributed by atoms with E-state index in [1.165, 1.54) is 24.9 Å². The Morgan fingerprint density at radius 3 is 2.23 bits per heavy atom. The molecule has 13 heteroatoms. The molecule has 0 saturated carbocycles. The number of fused-ring (bicyclic) bond motifs is 1. The van der Waals surface area contributed by atoms with Gasteiger partial charge in [-0.2, -0.15) is 0 Å². The fourth-order valence-corrected chi connectivity index (χ4v) is 6.95. The van der Waals surface area contributed by atoms with Crippen LogP contribution >= 0.6 is 23.2 Å². The zero-order chi connectivity index (χ0) is 33.5. The van der Waals surface area contributed by atoms with Crippen molar-refractivity contribution in [2.75, 3.05) is 57.8 Å². The number of pyridine rings is 1. The molecular formula is C34H35Cl2N5O6. The lowest BCUT2D eigenvalue weighted by Gasteiger charge is -2.48. The highest BCUT2D eigenvalue weighted by Crippen LogP contribution is 2.46. The van der Waals surface area contributed by atoms with Gasteiger partial charge in [0.15, 0.2) is 5.82 Å². The predicted molar refractivity (Wildman–Crippen MR) is 184 cm³/mol. The number of carbonyl (C=O) groups is 1. The Hall–Kier alpha value is -4.32. The molecule has 11 nitrogen and oxygen atoms in total. The Labute approximate surface area is 282 Å². The first-order chi connectivity index (χ1) is 22.7. The maximum atomic E-state index is 14.0. The monoisotopic (exact) mass is 679 g/mol. The number of benzene rings is 2. The molecule has 0 bridgehead atoms. The number of nitrogens with one attached hydrogen (secondary N) is 1. The molecule has 1 amide bonds. The summed E-state index contributed by atoms with van der Waals surface area (Å²) in [5.41, 5.74) is 2.77. The smallest absolute Gasteiger partial charge is 0.260 e. The van der Waals surface area contributed by atoms with Crippen LogP contribution in [0.3, 0.4) is 0 Å². The molecule has 0 aliphatic carbocycles. The Morgan fingerprint density at radius 2 is 1.68 bits per heavy atom. The van der Waals surface area contributed by atoms with Crippen molar-refractivity contribution in [3.8, 4) is 39.8 Å². The number of anilines is 2. The minimum absolute atomic E-state index is 0.179. The van der Waals surface area contributed by atoms with Crippen LogP contribution in [0.4, 0.5) is 11.4 Å². The molecule has 4 heterocycles. The van der Waals surface area contributed by atoms with E-state index in [4.69, 9.17) is 47.1 Å². The highest BCUT2D eigenvalue weighted by atomic mass is 35.5. The predicted octanol–water partition coefficient (Wildman–Crippen LogP) is 6.22. The highest BCUT2D eigenvalue weighted by Gasteiger charge is 2.41. The number of hydrogen-bond acceptors (Lipinski definition) is 9. The number of halogens is 2. The Kier molecular flexibility index (Phi) is 9.06. The van der Waals surface area contributed by atoms with Gasteiger partial charge >= 0.3 is 0 Å². The van der Waals surface area contributed by atoms with Crippen molar-refractivity contribution in [3.05, 3.63) is 63.5 Å². The van der Waals surface area contributed by atoms with Crippen molar-refractivity contribution in [2.45, 2.75) is 26.3 Å². The van der Waals surface area contributed by atoms with E-state index in [2.05, 4.69) is 21.8 Å². The van der Waals surface area contributed by atoms with Crippen LogP contribution in [0.15, 0.2) is 47.9 Å². The Balaban J connectivity index is 1.48. The van der Waals surface area contributed by atoms with E-state index in [1.54, 1.807) is 31.5 Å². The number of aromatic nitrogens is 3. The fraction of sp³-hybridized carbons (Fsp3) is 0.353. The van der Waals surface area contributed by atoms with Crippen LogP contribution in [0.1, 0.15) is 19.8 Å². The van der Waals surface area contributed by atoms with Crippen molar-refractivity contribution in [2.24, 2.45) is 5.41 Å². The van der Waals surface area contributed by atoms with Crippen LogP contribution in [-0.4, -0.2) is 68.1 Å². The quantitative estimate of drug-likeness (QED) is 0.206. The summed E-state index contributed by atoms with van der Waals surface area (Å²) >= 11 is 13.4. The minimum Gasteiger partial charge on any atom is -0.496 e. The third-order valence-corrected chi connectivity index (χ3v) is 9.72. The van der Waals surface area contributed by atoms with Gasteiger partial charge in [-0.1, -0.05) is 29.8 Å². The number of hydrogen-bond donors (Lipinski definition) is 1. The summed E-state index contributed by atoms with van der Waals surface area (Å²) in [6.45, 7) is 8.98. The van der Waals surface area contributed by atoms with Crippen molar-refractivity contribution in [1.82, 2.24) is 14.5 Å². The third kappa shape index (κ3) is 5.77. The number of nitrogens with zero attached hydrogens (tertiary/aromatic N) is 4. The van der Waals surface area contributed by atoms with Gasteiger partial charge in [0.25, 0.3) is 5.56 Å². The molecule has 0 radical (unpaired) electrons. The van der Waals surface area contributed by atoms with E-state index >= 15 is 0 Å². The van der Waals surface area contributed by atoms with E-state index < -0.39 is 0 Å². The van der Waals surface area contributed by atoms with Crippen LogP contribution in [0, 0.1) is 5.41 Å². The first-order valence-corrected chi connectivity index (χ1v) is 15.9. The van der Waals surface area contributed by atoms with E-state index in [1.807, 2.05) is 13.0 Å². The number of carbonyl (C=O) groups excluding carboxylic acids is 1. The van der Waals surface area contributed by atoms with Gasteiger partial charge in [0.05, 0.1) is 67.1 Å². The average molecular weight is 681 g/mol. The molecule has 0 atom stereocenters. The summed E-state index contributed by atoms with van der Waals surface area (Å²) in [7, 11) is 4.52. The zero-order valence-corrected chi connectivity index (χ0v) is 28.1. The van der Waals surface area contributed by atoms with Crippen LogP contribution < -0.4 is 30.0 Å². The van der Waals surface area contributed by atoms with Crippen LogP contribution in [0.5, 0.6) is 17.2 Å². The maximum absolute atomic E-state index is 14.0. The summed E-state index contributed by atoms with van der Waals surface area (Å²) in [6, 6.07) is 6.93. The molecule has 47 heavy (non-hydrogen) atoms. The molecular weight excluding hydrogens is 645 g/mol. The molecule has 2 aromatic carbocycles. The molecule has 246 valence electrons. The second-order valence-corrected chi connectivity index (χ2v) is 12.4. The van der Waals surface area contributed by atoms with Crippen LogP contribution in [0.2, 0.25) is 10.0 Å². The molecule has 1 spiro atoms. The lowest BCUT2D eigenvalue weighted by Crippen LogP contribution is -2.51. The summed E-state index contributed by atoms with van der Waals surface area (Å²) < 4.78 is 23.7. The second kappa shape index (κ2) is 13.1. The van der Waals surface area contributed by atoms with Gasteiger partial charge in [-0.25, -0.2) is 9.97 Å². The summed E-state index contributed by atoms with van der Waals surface area (Å²) in [6.07, 6.45) is 4.85. The van der Waals surface area contributed by atoms with Crippen molar-refractivity contribution in [1.29, 1.82) is 0 Å². The highest BCUT2D eigenvalue weighted by molar-refractivity contribution is 6.41. The molecule has 2 aliphatic rings. The first kappa shape index (κ1) is 32.6. The number of rotatable bonds is 9. The van der Waals surface area contributed by atoms with E-state index in [9.17, 15) is 9.59 Å². The Bertz CT molecular complexity index is 1920. The van der Waals surface area contributed by atoms with Gasteiger partial charge in [-0.05, 0) is 38.0 Å². The SMILES string of the molecule is C=CC(=O)Nc1cc(-c2ncc3cc(-c4c(Cl)c(OC)cc(OC)c4Cl)c(=O)n(CC)c3n2)c(OC)cc1N1CCC2(CC1)COC2. The Morgan fingerprint density at radius 1 is 1.02 bits per heavy atom. The normalized spacial score (nSPS) is 15.3. The number of amides is 1. The first-order valence-electron chi connectivity index (χ1n) is 15.2. The molecule has 2 aromatic heterocycles. The second-order valence-electron chi connectivity index (χ2n) is 11.6. The number of ether oxygens (including phenoxy) is 4. The molecule has 2 aliphatic heterocycles. The maximum Gasteiger partial charge on any atom is 0.260 e. The van der Waals surface area contributed by atoms with E-state index in [0.29, 0.717) is 51.9 Å². The van der Waals surface area contributed by atoms with Gasteiger partial charge in [-0.3, -0.25) is 14.2 Å². The fourth-order valence-electron chi connectivity index (χ4n) is 6.24. The minimum atomic E-state index is -0.357. The zero-order valence-electron chi connectivity index (χ0n) is 26.6. The largest absolute Gasteiger partial charge is 0.496 e. The average Bonchev–Trinajstić information content (AvgIpc) is 3.07. The van der Waals surface area contributed by atoms with Crippen molar-refractivity contribution in [3.63, 3.8) is 0 Å². The molecule has 1 N–H and O–H groups in total. The van der Waals surface area contributed by atoms with Crippen molar-refractivity contribution >= 4 is 51.5 Å². The van der Waals surface area contributed by atoms with Gasteiger partial charge in [0.2, 0.25) is 5.91 Å². The summed E-state index contributed by atoms with van der Waals surface area (Å²) in [5, 5.41) is 3.90.